The van der Waals surface area contributed by atoms with Gasteiger partial charge in [-0.15, -0.1) is 10.2 Å². The lowest BCUT2D eigenvalue weighted by atomic mass is 10.0. The smallest absolute Gasteiger partial charge is 0.328 e. The van der Waals surface area contributed by atoms with Crippen molar-refractivity contribution < 1.29 is 13.6 Å². The highest BCUT2D eigenvalue weighted by Crippen LogP contribution is 2.28. The zero-order chi connectivity index (χ0) is 18.3. The summed E-state index contributed by atoms with van der Waals surface area (Å²) in [4.78, 5) is 14.4. The molecule has 1 atom stereocenters. The number of carbonyl (C=O) groups excluding carboxylic acids is 1. The summed E-state index contributed by atoms with van der Waals surface area (Å²) in [5.74, 6) is 1.62. The third kappa shape index (κ3) is 3.27. The molecule has 0 N–H and O–H groups in total. The zero-order valence-corrected chi connectivity index (χ0v) is 14.8. The monoisotopic (exact) mass is 352 g/mol. The fourth-order valence-electron chi connectivity index (χ4n) is 3.40. The van der Waals surface area contributed by atoms with Crippen LogP contribution in [0.1, 0.15) is 60.7 Å². The van der Waals surface area contributed by atoms with Gasteiger partial charge in [0.1, 0.15) is 5.82 Å². The number of halogens is 2. The predicted molar refractivity (Wildman–Crippen MR) is 86.2 cm³/mol. The lowest BCUT2D eigenvalue weighted by Gasteiger charge is -2.34. The van der Waals surface area contributed by atoms with Crippen molar-refractivity contribution in [2.45, 2.75) is 53.3 Å². The molecule has 0 spiro atoms. The minimum Gasteiger partial charge on any atom is -0.328 e. The van der Waals surface area contributed by atoms with E-state index in [0.29, 0.717) is 29.5 Å². The first-order valence-electron chi connectivity index (χ1n) is 8.32. The maximum Gasteiger partial charge on any atom is 0.333 e. The van der Waals surface area contributed by atoms with Crippen molar-refractivity contribution in [1.82, 2.24) is 29.4 Å². The van der Waals surface area contributed by atoms with Gasteiger partial charge in [-0.05, 0) is 32.3 Å². The fraction of sp³-hybridized carbons (Fsp3) is 0.625. The number of alkyl halides is 2. The Balaban J connectivity index is 1.88. The fourth-order valence-corrected chi connectivity index (χ4v) is 3.40. The highest BCUT2D eigenvalue weighted by molar-refractivity contribution is 5.92. The van der Waals surface area contributed by atoms with Crippen LogP contribution in [0.15, 0.2) is 6.07 Å². The Hall–Kier alpha value is -2.32. The molecule has 3 rings (SSSR count). The Morgan fingerprint density at radius 3 is 2.64 bits per heavy atom. The minimum atomic E-state index is -2.76. The first kappa shape index (κ1) is 17.5. The number of fused-ring (bicyclic) bond motifs is 1. The van der Waals surface area contributed by atoms with Gasteiger partial charge in [-0.3, -0.25) is 4.79 Å². The maximum absolute atomic E-state index is 12.9. The largest absolute Gasteiger partial charge is 0.333 e. The van der Waals surface area contributed by atoms with Crippen LogP contribution >= 0.6 is 0 Å². The molecule has 0 unspecified atom stereocenters. The molecule has 9 heteroatoms. The van der Waals surface area contributed by atoms with Crippen LogP contribution in [0.3, 0.4) is 0 Å². The van der Waals surface area contributed by atoms with E-state index in [1.54, 1.807) is 4.90 Å². The van der Waals surface area contributed by atoms with Crippen LogP contribution in [0, 0.1) is 19.8 Å². The summed E-state index contributed by atoms with van der Waals surface area (Å²) in [6, 6.07) is 1.47. The molecular formula is C16H22F2N6O. The molecular weight excluding hydrogens is 330 g/mol. The average molecular weight is 352 g/mol. The number of rotatable bonds is 4. The molecule has 0 fully saturated rings. The molecule has 1 aliphatic heterocycles. The van der Waals surface area contributed by atoms with Gasteiger partial charge in [0, 0.05) is 12.2 Å². The number of nitrogens with zero attached hydrogens (tertiary/aromatic N) is 6. The van der Waals surface area contributed by atoms with Gasteiger partial charge in [0.05, 0.1) is 12.6 Å². The van der Waals surface area contributed by atoms with E-state index in [1.165, 1.54) is 13.0 Å². The van der Waals surface area contributed by atoms with E-state index in [0.717, 1.165) is 12.2 Å². The van der Waals surface area contributed by atoms with Gasteiger partial charge in [0.15, 0.2) is 11.5 Å². The van der Waals surface area contributed by atoms with Gasteiger partial charge in [0.2, 0.25) is 0 Å². The molecule has 1 amide bonds. The molecule has 3 heterocycles. The van der Waals surface area contributed by atoms with Gasteiger partial charge in [-0.1, -0.05) is 13.8 Å². The summed E-state index contributed by atoms with van der Waals surface area (Å²) in [6.45, 7) is 5.67. The summed E-state index contributed by atoms with van der Waals surface area (Å²) in [5, 5.41) is 12.0. The second-order valence-electron chi connectivity index (χ2n) is 6.90. The van der Waals surface area contributed by atoms with Crippen molar-refractivity contribution in [2.24, 2.45) is 5.92 Å². The molecule has 0 saturated heterocycles. The van der Waals surface area contributed by atoms with E-state index in [-0.39, 0.29) is 23.3 Å². The molecule has 25 heavy (non-hydrogen) atoms. The van der Waals surface area contributed by atoms with E-state index in [9.17, 15) is 13.6 Å². The summed E-state index contributed by atoms with van der Waals surface area (Å²) < 4.78 is 28.5. The lowest BCUT2D eigenvalue weighted by Crippen LogP contribution is -2.42. The molecule has 0 aliphatic carbocycles. The highest BCUT2D eigenvalue weighted by atomic mass is 19.3. The average Bonchev–Trinajstić information content (AvgIpc) is 3.09. The normalized spacial score (nSPS) is 17.4. The molecule has 0 aromatic carbocycles. The lowest BCUT2D eigenvalue weighted by molar-refractivity contribution is 0.0522. The molecule has 0 bridgehead atoms. The van der Waals surface area contributed by atoms with Crippen LogP contribution < -0.4 is 0 Å². The van der Waals surface area contributed by atoms with E-state index >= 15 is 0 Å². The maximum atomic E-state index is 12.9. The minimum absolute atomic E-state index is 0.0331. The van der Waals surface area contributed by atoms with Crippen LogP contribution in [-0.2, 0) is 6.54 Å². The summed E-state index contributed by atoms with van der Waals surface area (Å²) in [5.41, 5.74) is 0.291. The van der Waals surface area contributed by atoms with E-state index < -0.39 is 6.55 Å². The van der Waals surface area contributed by atoms with Crippen molar-refractivity contribution in [3.8, 4) is 0 Å². The highest BCUT2D eigenvalue weighted by Gasteiger charge is 2.32. The number of aromatic nitrogens is 5. The van der Waals surface area contributed by atoms with Crippen LogP contribution in [0.5, 0.6) is 0 Å². The first-order chi connectivity index (χ1) is 11.8. The third-order valence-corrected chi connectivity index (χ3v) is 4.42. The Kier molecular flexibility index (Phi) is 4.57. The Bertz CT molecular complexity index is 782. The van der Waals surface area contributed by atoms with E-state index in [2.05, 4.69) is 33.7 Å². The molecule has 0 saturated carbocycles. The van der Waals surface area contributed by atoms with Gasteiger partial charge < -0.3 is 9.47 Å². The molecule has 1 aliphatic rings. The standard InChI is InChI=1S/C16H22F2N6O/c1-9(2)5-12-7-22(8-14-20-19-11(4)23(12)14)15(25)13-6-10(3)24(21-13)16(17)18/h6,9,12,16H,5,7-8H2,1-4H3/t12-/m0/s1. The Morgan fingerprint density at radius 2 is 2.04 bits per heavy atom. The van der Waals surface area contributed by atoms with Crippen LogP contribution in [0.4, 0.5) is 8.78 Å². The van der Waals surface area contributed by atoms with Crippen LogP contribution in [0.2, 0.25) is 0 Å². The number of amides is 1. The predicted octanol–water partition coefficient (Wildman–Crippen LogP) is 2.73. The number of carbonyl (C=O) groups is 1. The van der Waals surface area contributed by atoms with Crippen molar-refractivity contribution in [3.05, 3.63) is 29.1 Å². The van der Waals surface area contributed by atoms with Crippen molar-refractivity contribution in [2.75, 3.05) is 6.54 Å². The van der Waals surface area contributed by atoms with E-state index in [4.69, 9.17) is 0 Å². The second kappa shape index (κ2) is 6.53. The third-order valence-electron chi connectivity index (χ3n) is 4.42. The van der Waals surface area contributed by atoms with Gasteiger partial charge >= 0.3 is 6.55 Å². The molecule has 7 nitrogen and oxygen atoms in total. The second-order valence-corrected chi connectivity index (χ2v) is 6.90. The first-order valence-corrected chi connectivity index (χ1v) is 8.32. The summed E-state index contributed by atoms with van der Waals surface area (Å²) in [6.07, 6.45) is 0.875. The number of hydrogen-bond donors (Lipinski definition) is 0. The van der Waals surface area contributed by atoms with Crippen LogP contribution in [0.25, 0.3) is 0 Å². The zero-order valence-electron chi connectivity index (χ0n) is 14.8. The Morgan fingerprint density at radius 1 is 1.32 bits per heavy atom. The summed E-state index contributed by atoms with van der Waals surface area (Å²) >= 11 is 0. The Labute approximate surface area is 144 Å². The molecule has 136 valence electrons. The topological polar surface area (TPSA) is 68.8 Å². The van der Waals surface area contributed by atoms with Gasteiger partial charge in [-0.25, -0.2) is 4.68 Å². The van der Waals surface area contributed by atoms with Crippen LogP contribution in [-0.4, -0.2) is 41.9 Å². The van der Waals surface area contributed by atoms with Crippen molar-refractivity contribution >= 4 is 5.91 Å². The van der Waals surface area contributed by atoms with Crippen molar-refractivity contribution in [1.29, 1.82) is 0 Å². The number of hydrogen-bond acceptors (Lipinski definition) is 4. The molecule has 2 aromatic rings. The van der Waals surface area contributed by atoms with Crippen molar-refractivity contribution in [3.63, 3.8) is 0 Å². The molecule has 2 aromatic heterocycles. The number of aryl methyl sites for hydroxylation is 2. The molecule has 0 radical (unpaired) electrons. The van der Waals surface area contributed by atoms with E-state index in [1.807, 2.05) is 6.92 Å². The SMILES string of the molecule is Cc1cc(C(=O)N2Cc3nnc(C)n3[C@@H](CC(C)C)C2)nn1C(F)F. The van der Waals surface area contributed by atoms with Gasteiger partial charge in [0.25, 0.3) is 5.91 Å². The summed E-state index contributed by atoms with van der Waals surface area (Å²) in [7, 11) is 0. The van der Waals surface area contributed by atoms with Gasteiger partial charge in [-0.2, -0.15) is 13.9 Å². The quantitative estimate of drug-likeness (QED) is 0.848.